The molecule has 4 atom stereocenters. The number of rotatable bonds is 5. The van der Waals surface area contributed by atoms with Gasteiger partial charge in [-0.1, -0.05) is 13.8 Å². The van der Waals surface area contributed by atoms with Gasteiger partial charge in [0.15, 0.2) is 0 Å². The maximum absolute atomic E-state index is 13.6. The molecule has 1 saturated carbocycles. The number of nitrogens with one attached hydrogen (secondary N) is 1. The third kappa shape index (κ3) is 7.09. The van der Waals surface area contributed by atoms with Gasteiger partial charge in [-0.2, -0.15) is 13.7 Å². The molecule has 2 saturated heterocycles. The summed E-state index contributed by atoms with van der Waals surface area (Å²) in [4.78, 5) is 16.5. The molecule has 1 amide bonds. The fourth-order valence-electron chi connectivity index (χ4n) is 4.88. The van der Waals surface area contributed by atoms with E-state index in [1.54, 1.807) is 0 Å². The van der Waals surface area contributed by atoms with Crippen LogP contribution >= 0.6 is 0 Å². The van der Waals surface area contributed by atoms with E-state index in [1.807, 2.05) is 0 Å². The Morgan fingerprint density at radius 1 is 1.31 bits per heavy atom. The Hall–Kier alpha value is -1.32. The van der Waals surface area contributed by atoms with Gasteiger partial charge in [0.1, 0.15) is 12.2 Å². The second-order valence-corrected chi connectivity index (χ2v) is 11.3. The molecule has 1 aliphatic carbocycles. The second kappa shape index (κ2) is 10.7. The van der Waals surface area contributed by atoms with Gasteiger partial charge in [-0.05, 0) is 31.1 Å². The summed E-state index contributed by atoms with van der Waals surface area (Å²) in [5.41, 5.74) is -0.121. The van der Waals surface area contributed by atoms with Crippen LogP contribution in [0.2, 0.25) is 0 Å². The molecule has 0 aromatic heterocycles. The number of halogens is 1. The van der Waals surface area contributed by atoms with E-state index in [0.29, 0.717) is 12.2 Å². The predicted octanol–water partition coefficient (Wildman–Crippen LogP) is 1.07. The Morgan fingerprint density at radius 2 is 1.91 bits per heavy atom. The largest absolute Gasteiger partial charge is 0.379 e. The first-order valence-corrected chi connectivity index (χ1v) is 12.9. The standard InChI is InChI=1S/C20H33FN4O2.CH4O3S/c1-19(2)15(13-24-6-8-27-9-7-24)4-5-20(19,3)23-12-18(26)25-14-16(21)10-17(25)11-22;1-5(2,3)4/h15-17,23H,4-10,12-14H2,1-3H3;1H3,(H,2,3,4)/t15-,16-,17-,20-;/m0./s1. The number of ether oxygens (including phenoxy) is 1. The number of alkyl halides is 1. The lowest BCUT2D eigenvalue weighted by molar-refractivity contribution is -0.131. The molecule has 0 unspecified atom stereocenters. The van der Waals surface area contributed by atoms with Gasteiger partial charge in [0, 0.05) is 31.6 Å². The van der Waals surface area contributed by atoms with E-state index in [2.05, 4.69) is 37.1 Å². The Morgan fingerprint density at radius 3 is 2.47 bits per heavy atom. The Labute approximate surface area is 191 Å². The molecular weight excluding hydrogens is 439 g/mol. The number of carbonyl (C=O) groups is 1. The van der Waals surface area contributed by atoms with E-state index in [4.69, 9.17) is 14.6 Å². The highest BCUT2D eigenvalue weighted by molar-refractivity contribution is 7.85. The fourth-order valence-corrected chi connectivity index (χ4v) is 4.88. The molecule has 0 radical (unpaired) electrons. The van der Waals surface area contributed by atoms with Crippen molar-refractivity contribution in [1.82, 2.24) is 15.1 Å². The average Bonchev–Trinajstić information content (AvgIpc) is 3.18. The normalized spacial score (nSPS) is 32.8. The van der Waals surface area contributed by atoms with Crippen molar-refractivity contribution in [1.29, 1.82) is 5.26 Å². The summed E-state index contributed by atoms with van der Waals surface area (Å²) in [7, 11) is -3.67. The lowest BCUT2D eigenvalue weighted by atomic mass is 9.71. The minimum absolute atomic E-state index is 0.0356. The molecule has 184 valence electrons. The molecule has 0 bridgehead atoms. The van der Waals surface area contributed by atoms with Crippen molar-refractivity contribution in [2.75, 3.05) is 52.2 Å². The number of hydrogen-bond donors (Lipinski definition) is 2. The van der Waals surface area contributed by atoms with E-state index in [9.17, 15) is 17.6 Å². The molecule has 0 aromatic carbocycles. The number of nitriles is 1. The average molecular weight is 477 g/mol. The molecule has 2 N–H and O–H groups in total. The van der Waals surface area contributed by atoms with Crippen LogP contribution in [-0.4, -0.2) is 98.6 Å². The lowest BCUT2D eigenvalue weighted by Gasteiger charge is -2.44. The summed E-state index contributed by atoms with van der Waals surface area (Å²) < 4.78 is 44.9. The van der Waals surface area contributed by atoms with Crippen LogP contribution in [0.5, 0.6) is 0 Å². The zero-order valence-electron chi connectivity index (χ0n) is 19.5. The highest BCUT2D eigenvalue weighted by Gasteiger charge is 2.51. The van der Waals surface area contributed by atoms with Crippen molar-refractivity contribution in [3.8, 4) is 6.07 Å². The first-order chi connectivity index (χ1) is 14.8. The van der Waals surface area contributed by atoms with Crippen molar-refractivity contribution in [2.24, 2.45) is 11.3 Å². The Balaban J connectivity index is 0.000000654. The molecule has 11 heteroatoms. The molecule has 32 heavy (non-hydrogen) atoms. The lowest BCUT2D eigenvalue weighted by Crippen LogP contribution is -2.56. The second-order valence-electron chi connectivity index (χ2n) is 9.81. The van der Waals surface area contributed by atoms with Crippen LogP contribution in [-0.2, 0) is 19.6 Å². The van der Waals surface area contributed by atoms with Gasteiger partial charge in [-0.25, -0.2) is 4.39 Å². The monoisotopic (exact) mass is 476 g/mol. The zero-order chi connectivity index (χ0) is 24.2. The fraction of sp³-hybridized carbons (Fsp3) is 0.905. The van der Waals surface area contributed by atoms with E-state index >= 15 is 0 Å². The van der Waals surface area contributed by atoms with Gasteiger partial charge in [0.05, 0.1) is 38.6 Å². The summed E-state index contributed by atoms with van der Waals surface area (Å²) in [5.74, 6) is 0.382. The van der Waals surface area contributed by atoms with Gasteiger partial charge < -0.3 is 15.0 Å². The van der Waals surface area contributed by atoms with Gasteiger partial charge in [0.2, 0.25) is 5.91 Å². The predicted molar refractivity (Wildman–Crippen MR) is 118 cm³/mol. The first kappa shape index (κ1) is 26.9. The number of likely N-dealkylation sites (tertiary alicyclic amines) is 1. The minimum Gasteiger partial charge on any atom is -0.379 e. The summed E-state index contributed by atoms with van der Waals surface area (Å²) in [5, 5.41) is 12.6. The van der Waals surface area contributed by atoms with Crippen molar-refractivity contribution >= 4 is 16.0 Å². The van der Waals surface area contributed by atoms with E-state index in [0.717, 1.165) is 45.7 Å². The van der Waals surface area contributed by atoms with Crippen molar-refractivity contribution in [3.63, 3.8) is 0 Å². The molecule has 0 spiro atoms. The van der Waals surface area contributed by atoms with Gasteiger partial charge in [-0.3, -0.25) is 14.2 Å². The first-order valence-electron chi connectivity index (χ1n) is 11.1. The van der Waals surface area contributed by atoms with Crippen LogP contribution in [0.4, 0.5) is 4.39 Å². The van der Waals surface area contributed by atoms with E-state index < -0.39 is 22.3 Å². The molecule has 2 heterocycles. The van der Waals surface area contributed by atoms with Crippen LogP contribution in [0, 0.1) is 22.7 Å². The van der Waals surface area contributed by atoms with Crippen molar-refractivity contribution in [2.45, 2.75) is 57.8 Å². The van der Waals surface area contributed by atoms with Crippen molar-refractivity contribution < 1.29 is 26.9 Å². The number of morpholine rings is 1. The van der Waals surface area contributed by atoms with E-state index in [-0.39, 0.29) is 36.4 Å². The topological polar surface area (TPSA) is 123 Å². The molecule has 3 aliphatic rings. The minimum atomic E-state index is -3.67. The Kier molecular flexibility index (Phi) is 9.04. The SMILES string of the molecule is CC1(C)[C@H](CN2CCOCC2)CC[C@]1(C)NCC(=O)N1C[C@@H](F)C[C@H]1C#N.CS(=O)(=O)O. The van der Waals surface area contributed by atoms with Gasteiger partial charge in [-0.15, -0.1) is 0 Å². The number of carbonyl (C=O) groups excluding carboxylic acids is 1. The third-order valence-corrected chi connectivity index (χ3v) is 7.37. The molecule has 2 aliphatic heterocycles. The summed E-state index contributed by atoms with van der Waals surface area (Å²) >= 11 is 0. The molecular formula is C21H37FN4O5S. The van der Waals surface area contributed by atoms with Crippen LogP contribution < -0.4 is 5.32 Å². The highest BCUT2D eigenvalue weighted by atomic mass is 32.2. The van der Waals surface area contributed by atoms with Gasteiger partial charge >= 0.3 is 0 Å². The van der Waals surface area contributed by atoms with Gasteiger partial charge in [0.25, 0.3) is 10.1 Å². The third-order valence-electron chi connectivity index (χ3n) is 7.37. The summed E-state index contributed by atoms with van der Waals surface area (Å²) in [6, 6.07) is 1.42. The van der Waals surface area contributed by atoms with Crippen LogP contribution in [0.25, 0.3) is 0 Å². The number of amides is 1. The van der Waals surface area contributed by atoms with Crippen LogP contribution in [0.3, 0.4) is 0 Å². The van der Waals surface area contributed by atoms with Crippen LogP contribution in [0.15, 0.2) is 0 Å². The summed E-state index contributed by atoms with van der Waals surface area (Å²) in [6.07, 6.45) is 1.89. The maximum atomic E-state index is 13.6. The highest BCUT2D eigenvalue weighted by Crippen LogP contribution is 2.50. The molecule has 3 fully saturated rings. The maximum Gasteiger partial charge on any atom is 0.261 e. The zero-order valence-corrected chi connectivity index (χ0v) is 20.3. The molecule has 9 nitrogen and oxygen atoms in total. The van der Waals surface area contributed by atoms with Crippen molar-refractivity contribution in [3.05, 3.63) is 0 Å². The van der Waals surface area contributed by atoms with Crippen LogP contribution in [0.1, 0.15) is 40.0 Å². The molecule has 3 rings (SSSR count). The number of nitrogens with zero attached hydrogens (tertiary/aromatic N) is 3. The quantitative estimate of drug-likeness (QED) is 0.565. The smallest absolute Gasteiger partial charge is 0.261 e. The number of hydrogen-bond acceptors (Lipinski definition) is 7. The summed E-state index contributed by atoms with van der Waals surface area (Å²) in [6.45, 7) is 11.6. The molecule has 0 aromatic rings. The Bertz CT molecular complexity index is 789. The van der Waals surface area contributed by atoms with E-state index in [1.165, 1.54) is 4.90 Å².